The maximum Gasteiger partial charge on any atom is 0.243 e. The lowest BCUT2D eigenvalue weighted by atomic mass is 10.3. The van der Waals surface area contributed by atoms with Gasteiger partial charge >= 0.3 is 0 Å². The summed E-state index contributed by atoms with van der Waals surface area (Å²) in [4.78, 5) is 11.9. The second-order valence-electron chi connectivity index (χ2n) is 9.57. The largest absolute Gasteiger partial charge is 0.355 e. The van der Waals surface area contributed by atoms with Gasteiger partial charge in [0, 0.05) is 29.9 Å². The maximum atomic E-state index is 11.9. The molecule has 0 atom stereocenters. The van der Waals surface area contributed by atoms with Crippen molar-refractivity contribution in [2.24, 2.45) is 0 Å². The second-order valence-corrected chi connectivity index (χ2v) is 12.4. The molecule has 0 fully saturated rings. The van der Waals surface area contributed by atoms with Crippen molar-refractivity contribution in [2.45, 2.75) is 86.0 Å². The Morgan fingerprint density at radius 1 is 0.897 bits per heavy atom. The molecular weight excluding hydrogens is 405 g/mol. The molecule has 0 aromatic carbocycles. The molecule has 0 aliphatic heterocycles. The third kappa shape index (κ3) is 12.6. The molecule has 0 saturated carbocycles. The van der Waals surface area contributed by atoms with Crippen molar-refractivity contribution in [3.05, 3.63) is 0 Å². The van der Waals surface area contributed by atoms with Crippen molar-refractivity contribution >= 4 is 25.3 Å². The molecule has 0 spiro atoms. The summed E-state index contributed by atoms with van der Waals surface area (Å²) in [7, 11) is 5.19. The summed E-state index contributed by atoms with van der Waals surface area (Å²) < 4.78 is 17.7. The minimum absolute atomic E-state index is 0.242. The fraction of sp³-hybridized carbons (Fsp3) is 0.952. The molecule has 8 heteroatoms. The van der Waals surface area contributed by atoms with Gasteiger partial charge < -0.3 is 13.7 Å². The Morgan fingerprint density at radius 2 is 1.34 bits per heavy atom. The van der Waals surface area contributed by atoms with Crippen LogP contribution in [0.1, 0.15) is 61.8 Å². The van der Waals surface area contributed by atoms with Crippen LogP contribution in [0.3, 0.4) is 0 Å². The van der Waals surface area contributed by atoms with Gasteiger partial charge in [-0.1, -0.05) is 11.8 Å². The number of rotatable bonds is 15. The van der Waals surface area contributed by atoms with Gasteiger partial charge in [0.15, 0.2) is 15.2 Å². The van der Waals surface area contributed by atoms with Crippen LogP contribution in [0.15, 0.2) is 0 Å². The van der Waals surface area contributed by atoms with Gasteiger partial charge in [0.25, 0.3) is 0 Å². The summed E-state index contributed by atoms with van der Waals surface area (Å²) >= 11 is 1.41. The van der Waals surface area contributed by atoms with Crippen LogP contribution < -0.4 is 0 Å². The van der Waals surface area contributed by atoms with Crippen LogP contribution in [0.5, 0.6) is 0 Å². The first kappa shape index (κ1) is 29.2. The number of hydrogen-bond acceptors (Lipinski definition) is 6. The highest BCUT2D eigenvalue weighted by Crippen LogP contribution is 2.50. The molecule has 0 aromatic rings. The van der Waals surface area contributed by atoms with Gasteiger partial charge in [0.05, 0.1) is 27.7 Å². The third-order valence-electron chi connectivity index (χ3n) is 4.06. The van der Waals surface area contributed by atoms with Crippen LogP contribution >= 0.6 is 20.2 Å². The Balaban J connectivity index is 4.59. The molecular formula is C21H47N3O3PS+. The van der Waals surface area contributed by atoms with Crippen LogP contribution in [0, 0.1) is 0 Å². The minimum Gasteiger partial charge on any atom is -0.355 e. The molecule has 0 unspecified atom stereocenters. The quantitative estimate of drug-likeness (QED) is 0.154. The number of thioether (sulfide) groups is 1. The number of likely N-dealkylation sites (N-methyl/N-ethyl adjacent to an activating group) is 1. The summed E-state index contributed by atoms with van der Waals surface area (Å²) in [6, 6.07) is 1.57. The number of carbonyl (C=O) groups excluding carboxylic acids is 1. The van der Waals surface area contributed by atoms with E-state index < -0.39 is 8.45 Å². The summed E-state index contributed by atoms with van der Waals surface area (Å²) in [6.45, 7) is 19.3. The molecule has 0 radical (unpaired) electrons. The first-order valence-electron chi connectivity index (χ1n) is 10.8. The van der Waals surface area contributed by atoms with Gasteiger partial charge in [-0.25, -0.2) is 9.34 Å². The summed E-state index contributed by atoms with van der Waals surface area (Å²) in [5, 5.41) is 0.242. The molecule has 0 amide bonds. The molecule has 0 N–H and O–H groups in total. The van der Waals surface area contributed by atoms with Crippen LogP contribution in [-0.4, -0.2) is 89.9 Å². The Kier molecular flexibility index (Phi) is 14.5. The van der Waals surface area contributed by atoms with Gasteiger partial charge in [0.1, 0.15) is 6.54 Å². The van der Waals surface area contributed by atoms with Gasteiger partial charge in [-0.3, -0.25) is 4.79 Å². The summed E-state index contributed by atoms with van der Waals surface area (Å²) in [5.74, 6) is 0.793. The van der Waals surface area contributed by atoms with E-state index in [2.05, 4.69) is 64.7 Å². The Morgan fingerprint density at radius 3 is 1.72 bits per heavy atom. The monoisotopic (exact) mass is 452 g/mol. The van der Waals surface area contributed by atoms with Crippen LogP contribution in [0.2, 0.25) is 0 Å². The standard InChI is InChI=1S/C21H47N3O3PS/c1-17(2)22(18(3)4)28(23(19(5)6)20(7)8)27-16-26-13-12-14-29-21(25)15-24(9,10)11/h17-20H,12-16H2,1-11H3/q+1. The highest BCUT2D eigenvalue weighted by molar-refractivity contribution is 8.13. The molecule has 0 heterocycles. The molecule has 0 aliphatic rings. The molecule has 0 rings (SSSR count). The highest BCUT2D eigenvalue weighted by atomic mass is 32.2. The van der Waals surface area contributed by atoms with Crippen LogP contribution in [-0.2, 0) is 14.1 Å². The van der Waals surface area contributed by atoms with Crippen molar-refractivity contribution in [1.29, 1.82) is 0 Å². The molecule has 0 bridgehead atoms. The average molecular weight is 453 g/mol. The van der Waals surface area contributed by atoms with E-state index >= 15 is 0 Å². The number of nitrogens with zero attached hydrogens (tertiary/aromatic N) is 3. The van der Waals surface area contributed by atoms with E-state index in [1.54, 1.807) is 0 Å². The molecule has 6 nitrogen and oxygen atoms in total. The van der Waals surface area contributed by atoms with E-state index in [1.807, 2.05) is 21.1 Å². The van der Waals surface area contributed by atoms with Crippen LogP contribution in [0.25, 0.3) is 0 Å². The van der Waals surface area contributed by atoms with E-state index in [4.69, 9.17) is 9.26 Å². The van der Waals surface area contributed by atoms with E-state index in [0.717, 1.165) is 12.2 Å². The van der Waals surface area contributed by atoms with Gasteiger partial charge in [-0.05, 0) is 61.8 Å². The zero-order valence-electron chi connectivity index (χ0n) is 20.8. The first-order chi connectivity index (χ1) is 13.3. The Bertz CT molecular complexity index is 421. The lowest BCUT2D eigenvalue weighted by Crippen LogP contribution is -2.43. The SMILES string of the molecule is CC(C)N(C(C)C)P(OCOCCCSC(=O)C[N+](C)(C)C)N(C(C)C)C(C)C. The molecule has 0 aromatic heterocycles. The zero-order valence-corrected chi connectivity index (χ0v) is 22.5. The van der Waals surface area contributed by atoms with Crippen molar-refractivity contribution in [3.63, 3.8) is 0 Å². The fourth-order valence-electron chi connectivity index (χ4n) is 3.16. The minimum atomic E-state index is -0.916. The van der Waals surface area contributed by atoms with E-state index in [0.29, 0.717) is 41.8 Å². The van der Waals surface area contributed by atoms with Crippen molar-refractivity contribution in [3.8, 4) is 0 Å². The highest BCUT2D eigenvalue weighted by Gasteiger charge is 2.34. The van der Waals surface area contributed by atoms with Gasteiger partial charge in [-0.15, -0.1) is 0 Å². The first-order valence-corrected chi connectivity index (χ1v) is 13.0. The van der Waals surface area contributed by atoms with E-state index in [-0.39, 0.29) is 11.9 Å². The van der Waals surface area contributed by atoms with Crippen molar-refractivity contribution < 1.29 is 18.5 Å². The predicted molar refractivity (Wildman–Crippen MR) is 128 cm³/mol. The maximum absolute atomic E-state index is 11.9. The van der Waals surface area contributed by atoms with Gasteiger partial charge in [0.2, 0.25) is 5.12 Å². The van der Waals surface area contributed by atoms with E-state index in [9.17, 15) is 4.79 Å². The Labute approximate surface area is 186 Å². The smallest absolute Gasteiger partial charge is 0.243 e. The average Bonchev–Trinajstić information content (AvgIpc) is 2.50. The van der Waals surface area contributed by atoms with Crippen molar-refractivity contribution in [1.82, 2.24) is 9.34 Å². The predicted octanol–water partition coefficient (Wildman–Crippen LogP) is 4.80. The number of carbonyl (C=O) groups is 1. The molecule has 0 saturated heterocycles. The van der Waals surface area contributed by atoms with Gasteiger partial charge in [-0.2, -0.15) is 0 Å². The molecule has 0 aliphatic carbocycles. The topological polar surface area (TPSA) is 42.0 Å². The summed E-state index contributed by atoms with van der Waals surface area (Å²) in [5.41, 5.74) is 0. The van der Waals surface area contributed by atoms with Crippen molar-refractivity contribution in [2.75, 3.05) is 46.8 Å². The number of ether oxygens (including phenoxy) is 1. The molecule has 29 heavy (non-hydrogen) atoms. The second kappa shape index (κ2) is 14.3. The lowest BCUT2D eigenvalue weighted by Gasteiger charge is -2.45. The number of quaternary nitrogens is 1. The molecule has 174 valence electrons. The lowest BCUT2D eigenvalue weighted by molar-refractivity contribution is -0.861. The van der Waals surface area contributed by atoms with Crippen LogP contribution in [0.4, 0.5) is 0 Å². The van der Waals surface area contributed by atoms with E-state index in [1.165, 1.54) is 11.8 Å². The zero-order chi connectivity index (χ0) is 22.8. The summed E-state index contributed by atoms with van der Waals surface area (Å²) in [6.07, 6.45) is 0.852. The third-order valence-corrected chi connectivity index (χ3v) is 7.98. The fourth-order valence-corrected chi connectivity index (χ4v) is 6.38. The Hall–Kier alpha value is 0.250. The normalized spacial score (nSPS) is 13.3. The number of hydrogen-bond donors (Lipinski definition) is 0.